The first kappa shape index (κ1) is 17.5. The number of ether oxygens (including phenoxy) is 1. The maximum absolute atomic E-state index is 12.7. The van der Waals surface area contributed by atoms with Crippen LogP contribution in [-0.2, 0) is 0 Å². The molecule has 24 heavy (non-hydrogen) atoms. The van der Waals surface area contributed by atoms with Crippen molar-refractivity contribution in [2.24, 2.45) is 0 Å². The quantitative estimate of drug-likeness (QED) is 0.336. The minimum Gasteiger partial charge on any atom is -0.422 e. The van der Waals surface area contributed by atoms with Crippen LogP contribution in [0.2, 0.25) is 5.02 Å². The number of rotatable bonds is 3. The van der Waals surface area contributed by atoms with Gasteiger partial charge in [-0.3, -0.25) is 0 Å². The highest BCUT2D eigenvalue weighted by atomic mass is 79.9. The van der Waals surface area contributed by atoms with Crippen LogP contribution in [0.15, 0.2) is 40.9 Å². The second-order valence-corrected chi connectivity index (χ2v) is 8.21. The van der Waals surface area contributed by atoms with E-state index < -0.39 is 5.97 Å². The van der Waals surface area contributed by atoms with Crippen molar-refractivity contribution in [3.8, 4) is 5.75 Å². The van der Waals surface area contributed by atoms with Crippen molar-refractivity contribution >= 4 is 54.9 Å². The average molecular weight is 424 g/mol. The summed E-state index contributed by atoms with van der Waals surface area (Å²) in [5, 5.41) is 1.34. The van der Waals surface area contributed by atoms with Gasteiger partial charge in [-0.2, -0.15) is 0 Å². The van der Waals surface area contributed by atoms with Crippen molar-refractivity contribution in [2.45, 2.75) is 26.7 Å². The molecule has 1 aromatic heterocycles. The van der Waals surface area contributed by atoms with Crippen LogP contribution in [0.1, 0.15) is 40.6 Å². The Bertz CT molecular complexity index is 931. The molecule has 1 heterocycles. The van der Waals surface area contributed by atoms with Gasteiger partial charge < -0.3 is 4.74 Å². The first-order chi connectivity index (χ1) is 11.4. The molecule has 0 aliphatic heterocycles. The second kappa shape index (κ2) is 6.87. The van der Waals surface area contributed by atoms with Crippen molar-refractivity contribution in [1.29, 1.82) is 0 Å². The molecular formula is C19H16BrClO2S. The largest absolute Gasteiger partial charge is 0.422 e. The molecule has 0 N–H and O–H groups in total. The molecule has 3 rings (SSSR count). The Morgan fingerprint density at radius 1 is 1.25 bits per heavy atom. The zero-order chi connectivity index (χ0) is 17.4. The van der Waals surface area contributed by atoms with E-state index in [1.807, 2.05) is 43.3 Å². The highest BCUT2D eigenvalue weighted by molar-refractivity contribution is 9.10. The molecule has 5 heteroatoms. The van der Waals surface area contributed by atoms with Crippen molar-refractivity contribution in [2.75, 3.05) is 0 Å². The lowest BCUT2D eigenvalue weighted by molar-refractivity contribution is 0.0738. The van der Waals surface area contributed by atoms with Crippen LogP contribution in [-0.4, -0.2) is 5.97 Å². The highest BCUT2D eigenvalue weighted by Gasteiger charge is 2.21. The number of halogens is 2. The summed E-state index contributed by atoms with van der Waals surface area (Å²) < 4.78 is 7.69. The molecule has 0 saturated carbocycles. The molecule has 0 atom stereocenters. The van der Waals surface area contributed by atoms with Crippen molar-refractivity contribution in [3.05, 3.63) is 61.9 Å². The molecule has 124 valence electrons. The Kier molecular flexibility index (Phi) is 5.00. The lowest BCUT2D eigenvalue weighted by Gasteiger charge is -2.14. The maximum Gasteiger partial charge on any atom is 0.355 e. The number of hydrogen-bond donors (Lipinski definition) is 0. The van der Waals surface area contributed by atoms with Gasteiger partial charge in [0.25, 0.3) is 0 Å². The molecule has 0 aliphatic rings. The van der Waals surface area contributed by atoms with Gasteiger partial charge in [0.15, 0.2) is 0 Å². The summed E-state index contributed by atoms with van der Waals surface area (Å²) in [5.74, 6) is 0.414. The minimum atomic E-state index is -0.412. The van der Waals surface area contributed by atoms with Gasteiger partial charge in [0.1, 0.15) is 10.6 Å². The van der Waals surface area contributed by atoms with Crippen LogP contribution in [0.5, 0.6) is 5.75 Å². The number of aryl methyl sites for hydroxylation is 1. The first-order valence-electron chi connectivity index (χ1n) is 7.57. The minimum absolute atomic E-state index is 0.238. The zero-order valence-electron chi connectivity index (χ0n) is 13.5. The van der Waals surface area contributed by atoms with Gasteiger partial charge in [0.05, 0.1) is 5.02 Å². The Morgan fingerprint density at radius 3 is 2.62 bits per heavy atom. The smallest absolute Gasteiger partial charge is 0.355 e. The fourth-order valence-electron chi connectivity index (χ4n) is 2.50. The van der Waals surface area contributed by atoms with Gasteiger partial charge in [0, 0.05) is 14.6 Å². The van der Waals surface area contributed by atoms with E-state index in [0.717, 1.165) is 25.7 Å². The van der Waals surface area contributed by atoms with Crippen molar-refractivity contribution in [3.63, 3.8) is 0 Å². The molecule has 0 fully saturated rings. The van der Waals surface area contributed by atoms with Crippen LogP contribution < -0.4 is 4.74 Å². The van der Waals surface area contributed by atoms with Crippen LogP contribution in [0.25, 0.3) is 10.1 Å². The summed E-state index contributed by atoms with van der Waals surface area (Å²) in [4.78, 5) is 13.1. The highest BCUT2D eigenvalue weighted by Crippen LogP contribution is 2.37. The average Bonchev–Trinajstić information content (AvgIpc) is 2.88. The number of thiophene rings is 1. The van der Waals surface area contributed by atoms with Crippen molar-refractivity contribution < 1.29 is 9.53 Å². The predicted octanol–water partition coefficient (Wildman–Crippen LogP) is 6.97. The van der Waals surface area contributed by atoms with Crippen LogP contribution in [0.4, 0.5) is 0 Å². The Hall–Kier alpha value is -1.36. The Morgan fingerprint density at radius 2 is 1.96 bits per heavy atom. The third-order valence-electron chi connectivity index (χ3n) is 3.84. The summed E-state index contributed by atoms with van der Waals surface area (Å²) in [6, 6.07) is 11.6. The molecule has 0 unspecified atom stereocenters. The number of esters is 1. The van der Waals surface area contributed by atoms with Gasteiger partial charge in [-0.05, 0) is 42.2 Å². The van der Waals surface area contributed by atoms with E-state index in [1.165, 1.54) is 11.3 Å². The topological polar surface area (TPSA) is 26.3 Å². The Balaban J connectivity index is 2.00. The third-order valence-corrected chi connectivity index (χ3v) is 6.35. The van der Waals surface area contributed by atoms with E-state index in [-0.39, 0.29) is 5.92 Å². The fourth-order valence-corrected chi connectivity index (χ4v) is 4.25. The van der Waals surface area contributed by atoms with Gasteiger partial charge >= 0.3 is 5.97 Å². The second-order valence-electron chi connectivity index (χ2n) is 5.92. The zero-order valence-corrected chi connectivity index (χ0v) is 16.7. The first-order valence-corrected chi connectivity index (χ1v) is 9.56. The van der Waals surface area contributed by atoms with E-state index in [1.54, 1.807) is 0 Å². The van der Waals surface area contributed by atoms with E-state index >= 15 is 0 Å². The summed E-state index contributed by atoms with van der Waals surface area (Å²) in [7, 11) is 0. The van der Waals surface area contributed by atoms with E-state index in [2.05, 4.69) is 29.8 Å². The Labute approximate surface area is 158 Å². The monoisotopic (exact) mass is 422 g/mol. The molecule has 0 spiro atoms. The molecule has 2 nitrogen and oxygen atoms in total. The van der Waals surface area contributed by atoms with E-state index in [0.29, 0.717) is 15.6 Å². The molecule has 3 aromatic rings. The number of benzene rings is 2. The summed E-state index contributed by atoms with van der Waals surface area (Å²) in [6.07, 6.45) is 0. The lowest BCUT2D eigenvalue weighted by Crippen LogP contribution is -2.09. The van der Waals surface area contributed by atoms with E-state index in [4.69, 9.17) is 16.3 Å². The number of carbonyl (C=O) groups excluding carboxylic acids is 1. The molecule has 0 bridgehead atoms. The summed E-state index contributed by atoms with van der Waals surface area (Å²) in [5.41, 5.74) is 2.00. The van der Waals surface area contributed by atoms with Gasteiger partial charge in [-0.25, -0.2) is 4.79 Å². The number of carbonyl (C=O) groups is 1. The maximum atomic E-state index is 12.7. The van der Waals surface area contributed by atoms with Crippen LogP contribution >= 0.6 is 38.9 Å². The molecule has 0 saturated heterocycles. The van der Waals surface area contributed by atoms with E-state index in [9.17, 15) is 4.79 Å². The van der Waals surface area contributed by atoms with Crippen molar-refractivity contribution in [1.82, 2.24) is 0 Å². The van der Waals surface area contributed by atoms with Crippen LogP contribution in [0.3, 0.4) is 0 Å². The van der Waals surface area contributed by atoms with Gasteiger partial charge in [-0.1, -0.05) is 59.6 Å². The molecule has 0 radical (unpaired) electrons. The third kappa shape index (κ3) is 3.23. The standard InChI is InChI=1S/C19H16BrClO2S/c1-10(2)13-9-14(20)11(3)8-15(13)23-19(22)18-17(21)12-6-4-5-7-16(12)24-18/h4-10H,1-3H3. The van der Waals surface area contributed by atoms with Crippen LogP contribution in [0, 0.1) is 6.92 Å². The SMILES string of the molecule is Cc1cc(OC(=O)c2sc3ccccc3c2Cl)c(C(C)C)cc1Br. The normalized spacial score (nSPS) is 11.2. The summed E-state index contributed by atoms with van der Waals surface area (Å²) in [6.45, 7) is 6.11. The van der Waals surface area contributed by atoms with Gasteiger partial charge in [-0.15, -0.1) is 11.3 Å². The van der Waals surface area contributed by atoms with Gasteiger partial charge in [0.2, 0.25) is 0 Å². The molecule has 0 aliphatic carbocycles. The lowest BCUT2D eigenvalue weighted by atomic mass is 10.0. The number of hydrogen-bond acceptors (Lipinski definition) is 3. The fraction of sp³-hybridized carbons (Fsp3) is 0.211. The predicted molar refractivity (Wildman–Crippen MR) is 105 cm³/mol. The molecule has 0 amide bonds. The number of fused-ring (bicyclic) bond motifs is 1. The summed E-state index contributed by atoms with van der Waals surface area (Å²) >= 11 is 11.3. The molecular weight excluding hydrogens is 408 g/mol. The molecule has 2 aromatic carbocycles.